The molecule has 22 heavy (non-hydrogen) atoms. The number of imidazole rings is 1. The van der Waals surface area contributed by atoms with Gasteiger partial charge in [0, 0.05) is 24.9 Å². The molecule has 0 atom stereocenters. The van der Waals surface area contributed by atoms with Crippen molar-refractivity contribution in [2.24, 2.45) is 10.4 Å². The number of rotatable bonds is 1. The summed E-state index contributed by atoms with van der Waals surface area (Å²) >= 11 is 0. The largest absolute Gasteiger partial charge is 0.437 e. The summed E-state index contributed by atoms with van der Waals surface area (Å²) in [6.07, 6.45) is 5.04. The summed E-state index contributed by atoms with van der Waals surface area (Å²) in [7, 11) is 0. The highest BCUT2D eigenvalue weighted by Gasteiger charge is 2.30. The van der Waals surface area contributed by atoms with Gasteiger partial charge in [0.1, 0.15) is 0 Å². The number of aromatic nitrogens is 2. The molecule has 1 aromatic rings. The van der Waals surface area contributed by atoms with Gasteiger partial charge in [0.25, 0.3) is 5.91 Å². The van der Waals surface area contributed by atoms with Gasteiger partial charge in [-0.1, -0.05) is 20.8 Å². The molecule has 6 nitrogen and oxygen atoms in total. The number of amides is 1. The molecule has 0 aliphatic carbocycles. The molecule has 0 radical (unpaired) electrons. The maximum Gasteiger partial charge on any atom is 0.289 e. The van der Waals surface area contributed by atoms with Crippen LogP contribution in [0.5, 0.6) is 0 Å². The smallest absolute Gasteiger partial charge is 0.289 e. The number of carbonyl (C=O) groups is 1. The summed E-state index contributed by atoms with van der Waals surface area (Å²) in [6.45, 7) is 8.00. The Balaban J connectivity index is 1.75. The summed E-state index contributed by atoms with van der Waals surface area (Å²) in [5, 5.41) is 0. The predicted molar refractivity (Wildman–Crippen MR) is 83.3 cm³/mol. The third-order valence-corrected chi connectivity index (χ3v) is 3.84. The van der Waals surface area contributed by atoms with Crippen LogP contribution in [0.3, 0.4) is 0 Å². The second-order valence-corrected chi connectivity index (χ2v) is 6.70. The Hall–Kier alpha value is -2.11. The van der Waals surface area contributed by atoms with Crippen LogP contribution in [0.2, 0.25) is 0 Å². The van der Waals surface area contributed by atoms with Gasteiger partial charge < -0.3 is 14.6 Å². The number of carbonyl (C=O) groups excluding carboxylic acids is 1. The van der Waals surface area contributed by atoms with Crippen LogP contribution in [0.1, 0.15) is 38.6 Å². The van der Waals surface area contributed by atoms with Crippen molar-refractivity contribution in [3.63, 3.8) is 0 Å². The van der Waals surface area contributed by atoms with Gasteiger partial charge in [0.2, 0.25) is 0 Å². The third kappa shape index (κ3) is 2.91. The van der Waals surface area contributed by atoms with E-state index in [4.69, 9.17) is 4.74 Å². The molecule has 2 aliphatic heterocycles. The Kier molecular flexibility index (Phi) is 3.76. The van der Waals surface area contributed by atoms with Crippen molar-refractivity contribution in [2.45, 2.75) is 40.2 Å². The first kappa shape index (κ1) is 14.8. The molecule has 1 aromatic heterocycles. The molecule has 1 amide bonds. The molecule has 0 saturated carbocycles. The van der Waals surface area contributed by atoms with Crippen LogP contribution in [-0.2, 0) is 22.5 Å². The maximum atomic E-state index is 12.8. The highest BCUT2D eigenvalue weighted by atomic mass is 16.5. The molecule has 0 fully saturated rings. The zero-order valence-electron chi connectivity index (χ0n) is 13.3. The van der Waals surface area contributed by atoms with Crippen LogP contribution in [0.15, 0.2) is 23.2 Å². The lowest BCUT2D eigenvalue weighted by Gasteiger charge is -2.28. The van der Waals surface area contributed by atoms with Crippen molar-refractivity contribution in [3.05, 3.63) is 29.6 Å². The van der Waals surface area contributed by atoms with Gasteiger partial charge in [-0.25, -0.2) is 4.98 Å². The molecule has 3 heterocycles. The molecule has 0 saturated heterocycles. The predicted octanol–water partition coefficient (Wildman–Crippen LogP) is 2.04. The molecule has 3 rings (SSSR count). The first-order valence-corrected chi connectivity index (χ1v) is 7.68. The maximum absolute atomic E-state index is 12.8. The molecular weight excluding hydrogens is 280 g/mol. The third-order valence-electron chi connectivity index (χ3n) is 3.84. The van der Waals surface area contributed by atoms with Crippen molar-refractivity contribution in [1.82, 2.24) is 14.9 Å². The van der Waals surface area contributed by atoms with Crippen LogP contribution < -0.4 is 0 Å². The van der Waals surface area contributed by atoms with Gasteiger partial charge in [-0.15, -0.1) is 0 Å². The van der Waals surface area contributed by atoms with E-state index >= 15 is 0 Å². The van der Waals surface area contributed by atoms with Crippen molar-refractivity contribution in [3.8, 4) is 0 Å². The standard InChI is InChI=1S/C16H22N4O2/c1-16(2,3)15-17-7-4-5-13(22-15)14(21)20-8-6-11-12(9-20)19-10-18-11/h5,10H,4,6-9H2,1-3H3,(H,18,19). The summed E-state index contributed by atoms with van der Waals surface area (Å²) in [6, 6.07) is 0. The highest BCUT2D eigenvalue weighted by molar-refractivity contribution is 5.96. The molecule has 0 unspecified atom stereocenters. The lowest BCUT2D eigenvalue weighted by atomic mass is 9.96. The lowest BCUT2D eigenvalue weighted by molar-refractivity contribution is -0.130. The van der Waals surface area contributed by atoms with E-state index in [0.29, 0.717) is 31.3 Å². The number of fused-ring (bicyclic) bond motifs is 1. The van der Waals surface area contributed by atoms with Crippen molar-refractivity contribution < 1.29 is 9.53 Å². The van der Waals surface area contributed by atoms with E-state index in [-0.39, 0.29) is 11.3 Å². The fourth-order valence-electron chi connectivity index (χ4n) is 2.60. The minimum atomic E-state index is -0.206. The van der Waals surface area contributed by atoms with Gasteiger partial charge >= 0.3 is 0 Å². The number of hydrogen-bond acceptors (Lipinski definition) is 4. The Morgan fingerprint density at radius 3 is 3.00 bits per heavy atom. The zero-order chi connectivity index (χ0) is 15.7. The number of nitrogens with zero attached hydrogens (tertiary/aromatic N) is 3. The molecule has 0 bridgehead atoms. The van der Waals surface area contributed by atoms with E-state index in [1.165, 1.54) is 0 Å². The molecule has 2 aliphatic rings. The summed E-state index contributed by atoms with van der Waals surface area (Å²) in [5.74, 6) is 0.956. The van der Waals surface area contributed by atoms with Crippen LogP contribution in [0.25, 0.3) is 0 Å². The van der Waals surface area contributed by atoms with Crippen molar-refractivity contribution in [1.29, 1.82) is 0 Å². The summed E-state index contributed by atoms with van der Waals surface area (Å²) in [4.78, 5) is 26.4. The van der Waals surface area contributed by atoms with Crippen molar-refractivity contribution >= 4 is 11.8 Å². The Morgan fingerprint density at radius 2 is 2.23 bits per heavy atom. The summed E-state index contributed by atoms with van der Waals surface area (Å²) in [5.41, 5.74) is 1.86. The van der Waals surface area contributed by atoms with E-state index < -0.39 is 0 Å². The van der Waals surface area contributed by atoms with Gasteiger partial charge in [0.15, 0.2) is 11.7 Å². The normalized spacial score (nSPS) is 18.8. The number of hydrogen-bond donors (Lipinski definition) is 1. The summed E-state index contributed by atoms with van der Waals surface area (Å²) < 4.78 is 5.85. The molecule has 1 N–H and O–H groups in total. The number of nitrogens with one attached hydrogen (secondary N) is 1. The molecule has 118 valence electrons. The average molecular weight is 302 g/mol. The minimum Gasteiger partial charge on any atom is -0.437 e. The quantitative estimate of drug-likeness (QED) is 0.863. The Bertz CT molecular complexity index is 637. The molecule has 6 heteroatoms. The molecule has 0 aromatic carbocycles. The van der Waals surface area contributed by atoms with Crippen LogP contribution in [0, 0.1) is 5.41 Å². The second kappa shape index (κ2) is 5.59. The van der Waals surface area contributed by atoms with E-state index in [0.717, 1.165) is 24.2 Å². The van der Waals surface area contributed by atoms with E-state index in [2.05, 4.69) is 15.0 Å². The number of ether oxygens (including phenoxy) is 1. The van der Waals surface area contributed by atoms with E-state index in [1.807, 2.05) is 26.8 Å². The van der Waals surface area contributed by atoms with Gasteiger partial charge in [0.05, 0.1) is 24.3 Å². The zero-order valence-corrected chi connectivity index (χ0v) is 13.3. The van der Waals surface area contributed by atoms with Crippen molar-refractivity contribution in [2.75, 3.05) is 13.1 Å². The van der Waals surface area contributed by atoms with Crippen LogP contribution in [0.4, 0.5) is 0 Å². The lowest BCUT2D eigenvalue weighted by Crippen LogP contribution is -2.38. The van der Waals surface area contributed by atoms with Gasteiger partial charge in [-0.05, 0) is 12.5 Å². The SMILES string of the molecule is CC(C)(C)C1=NCCC=C(C(=O)N2CCc3nc[nH]c3C2)O1. The first-order valence-electron chi connectivity index (χ1n) is 7.68. The Labute approximate surface area is 130 Å². The van der Waals surface area contributed by atoms with E-state index in [1.54, 1.807) is 11.2 Å². The first-order chi connectivity index (χ1) is 10.4. The monoisotopic (exact) mass is 302 g/mol. The second-order valence-electron chi connectivity index (χ2n) is 6.70. The molecular formula is C16H22N4O2. The fourth-order valence-corrected chi connectivity index (χ4v) is 2.60. The Morgan fingerprint density at radius 1 is 1.41 bits per heavy atom. The average Bonchev–Trinajstić information content (AvgIpc) is 2.78. The van der Waals surface area contributed by atoms with Crippen LogP contribution in [-0.4, -0.2) is 39.8 Å². The van der Waals surface area contributed by atoms with Gasteiger partial charge in [-0.2, -0.15) is 0 Å². The fraction of sp³-hybridized carbons (Fsp3) is 0.562. The highest BCUT2D eigenvalue weighted by Crippen LogP contribution is 2.24. The topological polar surface area (TPSA) is 70.6 Å². The van der Waals surface area contributed by atoms with Gasteiger partial charge in [-0.3, -0.25) is 9.79 Å². The van der Waals surface area contributed by atoms with E-state index in [9.17, 15) is 4.79 Å². The number of aromatic amines is 1. The number of aliphatic imine (C=N–C) groups is 1. The van der Waals surface area contributed by atoms with Crippen LogP contribution >= 0.6 is 0 Å². The minimum absolute atomic E-state index is 0.0703. The number of H-pyrrole nitrogens is 1. The molecule has 0 spiro atoms.